The van der Waals surface area contributed by atoms with Gasteiger partial charge in [0.1, 0.15) is 0 Å². The number of carbonyl (C=O) groups is 1. The first-order valence-corrected chi connectivity index (χ1v) is 5.81. The van der Waals surface area contributed by atoms with Crippen molar-refractivity contribution >= 4 is 5.91 Å². The molecule has 0 unspecified atom stereocenters. The number of hydrogen-bond donors (Lipinski definition) is 3. The first-order chi connectivity index (χ1) is 8.24. The zero-order valence-electron chi connectivity index (χ0n) is 10.3. The van der Waals surface area contributed by atoms with Crippen LogP contribution in [0.25, 0.3) is 0 Å². The monoisotopic (exact) mass is 236 g/mol. The minimum Gasteiger partial charge on any atom is -0.355 e. The first kappa shape index (κ1) is 13.4. The Morgan fingerprint density at radius 3 is 3.12 bits per heavy atom. The maximum atomic E-state index is 11.3. The zero-order valence-corrected chi connectivity index (χ0v) is 10.3. The van der Waals surface area contributed by atoms with Crippen molar-refractivity contribution in [2.24, 2.45) is 0 Å². The summed E-state index contributed by atoms with van der Waals surface area (Å²) >= 11 is 0. The number of nitrogens with one attached hydrogen (secondary N) is 3. The normalized spacial score (nSPS) is 10.2. The number of aromatic nitrogens is 2. The second-order valence-corrected chi connectivity index (χ2v) is 3.89. The summed E-state index contributed by atoms with van der Waals surface area (Å²) in [5.41, 5.74) is 2.31. The first-order valence-electron chi connectivity index (χ1n) is 5.81. The number of nitrogens with zero attached hydrogens (tertiary/aromatic N) is 1. The van der Waals surface area contributed by atoms with Gasteiger partial charge in [-0.15, -0.1) is 6.58 Å². The van der Waals surface area contributed by atoms with Crippen molar-refractivity contribution in [2.45, 2.75) is 19.8 Å². The molecule has 0 aliphatic rings. The molecule has 0 radical (unpaired) electrons. The third-order valence-corrected chi connectivity index (χ3v) is 2.45. The van der Waals surface area contributed by atoms with Gasteiger partial charge in [0, 0.05) is 18.8 Å². The summed E-state index contributed by atoms with van der Waals surface area (Å²) in [5, 5.41) is 12.7. The molecule has 0 aromatic carbocycles. The highest BCUT2D eigenvalue weighted by molar-refractivity contribution is 5.77. The van der Waals surface area contributed by atoms with Crippen LogP contribution in [0, 0.1) is 6.92 Å². The minimum atomic E-state index is 0.0239. The molecular formula is C12H20N4O. The molecule has 0 saturated heterocycles. The van der Waals surface area contributed by atoms with Gasteiger partial charge in [-0.25, -0.2) is 0 Å². The topological polar surface area (TPSA) is 69.8 Å². The highest BCUT2D eigenvalue weighted by Gasteiger charge is 2.01. The van der Waals surface area contributed by atoms with Gasteiger partial charge in [-0.05, 0) is 25.3 Å². The van der Waals surface area contributed by atoms with Crippen LogP contribution in [0.4, 0.5) is 0 Å². The molecule has 1 heterocycles. The Balaban J connectivity index is 2.06. The highest BCUT2D eigenvalue weighted by Crippen LogP contribution is 2.04. The Morgan fingerprint density at radius 1 is 1.65 bits per heavy atom. The van der Waals surface area contributed by atoms with E-state index in [1.807, 2.05) is 13.1 Å². The molecule has 0 fully saturated rings. The molecule has 1 rings (SSSR count). The molecule has 0 saturated carbocycles. The quantitative estimate of drug-likeness (QED) is 0.456. The number of rotatable bonds is 8. The van der Waals surface area contributed by atoms with Gasteiger partial charge >= 0.3 is 0 Å². The summed E-state index contributed by atoms with van der Waals surface area (Å²) in [5.74, 6) is 0.0239. The van der Waals surface area contributed by atoms with E-state index in [9.17, 15) is 4.79 Å². The predicted octanol–water partition coefficient (Wildman–Crippen LogP) is 0.543. The Labute approximate surface area is 102 Å². The molecule has 0 atom stereocenters. The molecule has 5 nitrogen and oxygen atoms in total. The van der Waals surface area contributed by atoms with Gasteiger partial charge in [0.2, 0.25) is 5.91 Å². The lowest BCUT2D eigenvalue weighted by Gasteiger charge is -2.05. The van der Waals surface area contributed by atoms with Gasteiger partial charge in [-0.2, -0.15) is 5.10 Å². The van der Waals surface area contributed by atoms with Crippen molar-refractivity contribution in [3.05, 3.63) is 30.1 Å². The van der Waals surface area contributed by atoms with E-state index in [1.54, 1.807) is 6.08 Å². The largest absolute Gasteiger partial charge is 0.355 e. The molecule has 0 spiro atoms. The van der Waals surface area contributed by atoms with E-state index in [4.69, 9.17) is 0 Å². The summed E-state index contributed by atoms with van der Waals surface area (Å²) in [6, 6.07) is 0. The molecule has 5 heteroatoms. The predicted molar refractivity (Wildman–Crippen MR) is 67.7 cm³/mol. The number of aryl methyl sites for hydroxylation is 2. The third-order valence-electron chi connectivity index (χ3n) is 2.45. The number of H-pyrrole nitrogens is 1. The van der Waals surface area contributed by atoms with Gasteiger partial charge in [-0.1, -0.05) is 6.08 Å². The van der Waals surface area contributed by atoms with Crippen molar-refractivity contribution in [1.82, 2.24) is 20.8 Å². The maximum Gasteiger partial charge on any atom is 0.233 e. The summed E-state index contributed by atoms with van der Waals surface area (Å²) < 4.78 is 0. The van der Waals surface area contributed by atoms with E-state index in [0.29, 0.717) is 19.6 Å². The van der Waals surface area contributed by atoms with Crippen LogP contribution in [0.2, 0.25) is 0 Å². The summed E-state index contributed by atoms with van der Waals surface area (Å²) in [7, 11) is 0. The highest BCUT2D eigenvalue weighted by atomic mass is 16.1. The molecule has 0 aliphatic carbocycles. The van der Waals surface area contributed by atoms with Crippen LogP contribution < -0.4 is 10.6 Å². The Kier molecular flexibility index (Phi) is 6.03. The number of amides is 1. The van der Waals surface area contributed by atoms with E-state index in [0.717, 1.165) is 18.5 Å². The fourth-order valence-corrected chi connectivity index (χ4v) is 1.48. The van der Waals surface area contributed by atoms with Crippen molar-refractivity contribution < 1.29 is 4.79 Å². The SMILES string of the molecule is C=CCNCC(=O)NCCCc1cn[nH]c1C. The van der Waals surface area contributed by atoms with Gasteiger partial charge in [-0.3, -0.25) is 9.89 Å². The van der Waals surface area contributed by atoms with Gasteiger partial charge in [0.05, 0.1) is 12.7 Å². The van der Waals surface area contributed by atoms with E-state index < -0.39 is 0 Å². The lowest BCUT2D eigenvalue weighted by molar-refractivity contribution is -0.120. The molecule has 1 aromatic rings. The molecular weight excluding hydrogens is 216 g/mol. The lowest BCUT2D eigenvalue weighted by atomic mass is 10.1. The van der Waals surface area contributed by atoms with Gasteiger partial charge in [0.15, 0.2) is 0 Å². The van der Waals surface area contributed by atoms with Crippen LogP contribution in [0.1, 0.15) is 17.7 Å². The van der Waals surface area contributed by atoms with Crippen molar-refractivity contribution in [3.8, 4) is 0 Å². The fourth-order valence-electron chi connectivity index (χ4n) is 1.48. The second-order valence-electron chi connectivity index (χ2n) is 3.89. The number of aromatic amines is 1. The molecule has 0 aliphatic heterocycles. The fraction of sp³-hybridized carbons (Fsp3) is 0.500. The standard InChI is InChI=1S/C12H20N4O/c1-3-6-13-9-12(17)14-7-4-5-11-8-15-16-10(11)2/h3,8,13H,1,4-7,9H2,2H3,(H,14,17)(H,15,16). The zero-order chi connectivity index (χ0) is 12.5. The van der Waals surface area contributed by atoms with Crippen molar-refractivity contribution in [2.75, 3.05) is 19.6 Å². The van der Waals surface area contributed by atoms with E-state index in [2.05, 4.69) is 27.4 Å². The minimum absolute atomic E-state index is 0.0239. The Hall–Kier alpha value is -1.62. The molecule has 1 aromatic heterocycles. The summed E-state index contributed by atoms with van der Waals surface area (Å²) in [6.07, 6.45) is 5.42. The van der Waals surface area contributed by atoms with Crippen molar-refractivity contribution in [1.29, 1.82) is 0 Å². The summed E-state index contributed by atoms with van der Waals surface area (Å²) in [6.45, 7) is 7.26. The molecule has 0 bridgehead atoms. The van der Waals surface area contributed by atoms with Gasteiger partial charge in [0.25, 0.3) is 0 Å². The van der Waals surface area contributed by atoms with Gasteiger partial charge < -0.3 is 10.6 Å². The van der Waals surface area contributed by atoms with Crippen LogP contribution in [0.15, 0.2) is 18.9 Å². The van der Waals surface area contributed by atoms with E-state index in [-0.39, 0.29) is 5.91 Å². The number of hydrogen-bond acceptors (Lipinski definition) is 3. The van der Waals surface area contributed by atoms with Crippen LogP contribution in [-0.4, -0.2) is 35.7 Å². The Bertz CT molecular complexity index is 359. The molecule has 1 amide bonds. The smallest absolute Gasteiger partial charge is 0.233 e. The van der Waals surface area contributed by atoms with Crippen LogP contribution >= 0.6 is 0 Å². The van der Waals surface area contributed by atoms with Crippen molar-refractivity contribution in [3.63, 3.8) is 0 Å². The summed E-state index contributed by atoms with van der Waals surface area (Å²) in [4.78, 5) is 11.3. The molecule has 17 heavy (non-hydrogen) atoms. The molecule has 3 N–H and O–H groups in total. The van der Waals surface area contributed by atoms with Crippen LogP contribution in [0.5, 0.6) is 0 Å². The van der Waals surface area contributed by atoms with E-state index in [1.165, 1.54) is 5.56 Å². The third kappa shape index (κ3) is 5.31. The Morgan fingerprint density at radius 2 is 2.47 bits per heavy atom. The lowest BCUT2D eigenvalue weighted by Crippen LogP contribution is -2.34. The van der Waals surface area contributed by atoms with Crippen LogP contribution in [0.3, 0.4) is 0 Å². The number of carbonyl (C=O) groups excluding carboxylic acids is 1. The van der Waals surface area contributed by atoms with E-state index >= 15 is 0 Å². The molecule has 94 valence electrons. The maximum absolute atomic E-state index is 11.3. The second kappa shape index (κ2) is 7.62. The average molecular weight is 236 g/mol. The average Bonchev–Trinajstić information content (AvgIpc) is 2.71. The van der Waals surface area contributed by atoms with Crippen LogP contribution in [-0.2, 0) is 11.2 Å².